The van der Waals surface area contributed by atoms with Crippen molar-refractivity contribution in [1.82, 2.24) is 24.1 Å². The summed E-state index contributed by atoms with van der Waals surface area (Å²) in [5.41, 5.74) is 6.85. The average molecular weight is 516 g/mol. The molecule has 0 saturated carbocycles. The molecule has 0 unspecified atom stereocenters. The van der Waals surface area contributed by atoms with Crippen LogP contribution in [-0.2, 0) is 14.1 Å². The molecule has 5 aromatic rings. The Bertz CT molecular complexity index is 1800. The van der Waals surface area contributed by atoms with Crippen molar-refractivity contribution in [2.24, 2.45) is 19.8 Å². The van der Waals surface area contributed by atoms with E-state index in [0.29, 0.717) is 28.2 Å². The molecule has 11 nitrogen and oxygen atoms in total. The van der Waals surface area contributed by atoms with Gasteiger partial charge >= 0.3 is 5.69 Å². The van der Waals surface area contributed by atoms with Crippen molar-refractivity contribution in [3.8, 4) is 22.6 Å². The molecule has 0 atom stereocenters. The Morgan fingerprint density at radius 2 is 1.79 bits per heavy atom. The molecule has 2 aromatic heterocycles. The maximum absolute atomic E-state index is 16.1. The number of ether oxygens (including phenoxy) is 1. The first-order valence-electron chi connectivity index (χ1n) is 11.4. The van der Waals surface area contributed by atoms with E-state index in [4.69, 9.17) is 10.5 Å². The van der Waals surface area contributed by atoms with Gasteiger partial charge in [-0.25, -0.2) is 18.4 Å². The van der Waals surface area contributed by atoms with Gasteiger partial charge in [0.25, 0.3) is 5.91 Å². The zero-order chi connectivity index (χ0) is 27.1. The Labute approximate surface area is 214 Å². The van der Waals surface area contributed by atoms with Gasteiger partial charge in [0.05, 0.1) is 23.7 Å². The summed E-state index contributed by atoms with van der Waals surface area (Å²) in [5.74, 6) is -1.66. The second-order valence-electron chi connectivity index (χ2n) is 8.48. The van der Waals surface area contributed by atoms with Crippen molar-refractivity contribution in [2.75, 3.05) is 12.4 Å². The summed E-state index contributed by atoms with van der Waals surface area (Å²) in [6.45, 7) is 0. The minimum atomic E-state index is -0.670. The second-order valence-corrected chi connectivity index (χ2v) is 8.48. The van der Waals surface area contributed by atoms with Crippen LogP contribution in [0.15, 0.2) is 65.7 Å². The highest BCUT2D eigenvalue weighted by atomic mass is 19.1. The van der Waals surface area contributed by atoms with Crippen molar-refractivity contribution in [2.45, 2.75) is 0 Å². The number of aromatic nitrogens is 5. The molecule has 0 aliphatic carbocycles. The van der Waals surface area contributed by atoms with Gasteiger partial charge in [0.1, 0.15) is 17.9 Å². The summed E-state index contributed by atoms with van der Waals surface area (Å²) in [7, 11) is 4.58. The molecule has 0 aliphatic heterocycles. The Morgan fingerprint density at radius 3 is 2.47 bits per heavy atom. The van der Waals surface area contributed by atoms with Gasteiger partial charge in [-0.15, -0.1) is 0 Å². The van der Waals surface area contributed by atoms with Crippen LogP contribution >= 0.6 is 0 Å². The van der Waals surface area contributed by atoms with E-state index in [1.54, 1.807) is 49.5 Å². The Morgan fingerprint density at radius 1 is 1.03 bits per heavy atom. The number of aryl methyl sites for hydroxylation is 2. The molecule has 0 aliphatic rings. The van der Waals surface area contributed by atoms with Crippen molar-refractivity contribution < 1.29 is 18.7 Å². The summed E-state index contributed by atoms with van der Waals surface area (Å²) in [5, 5.41) is 10.9. The summed E-state index contributed by atoms with van der Waals surface area (Å²) < 4.78 is 25.5. The van der Waals surface area contributed by atoms with Crippen LogP contribution in [0, 0.1) is 5.82 Å². The number of rotatable bonds is 6. The van der Waals surface area contributed by atoms with Gasteiger partial charge in [-0.3, -0.25) is 14.3 Å². The molecule has 2 amide bonds. The highest BCUT2D eigenvalue weighted by Gasteiger charge is 2.24. The molecule has 0 bridgehead atoms. The second kappa shape index (κ2) is 9.32. The molecule has 0 saturated heterocycles. The van der Waals surface area contributed by atoms with Crippen LogP contribution in [0.25, 0.3) is 27.7 Å². The summed E-state index contributed by atoms with van der Waals surface area (Å²) in [6, 6.07) is 14.2. The number of nitrogens with zero attached hydrogens (tertiary/aromatic N) is 5. The Balaban J connectivity index is 1.58. The average Bonchev–Trinajstić information content (AvgIpc) is 3.43. The van der Waals surface area contributed by atoms with Crippen LogP contribution in [0.3, 0.4) is 0 Å². The normalized spacial score (nSPS) is 11.1. The monoisotopic (exact) mass is 515 g/mol. The van der Waals surface area contributed by atoms with Gasteiger partial charge < -0.3 is 15.8 Å². The minimum absolute atomic E-state index is 0.0168. The molecule has 5 rings (SSSR count). The number of benzene rings is 3. The number of hydrogen-bond donors (Lipinski definition) is 2. The van der Waals surface area contributed by atoms with E-state index in [2.05, 4.69) is 15.5 Å². The number of hydrogen-bond acceptors (Lipinski definition) is 6. The first-order chi connectivity index (χ1) is 18.2. The van der Waals surface area contributed by atoms with E-state index in [0.717, 1.165) is 0 Å². The van der Waals surface area contributed by atoms with Crippen LogP contribution in [0.4, 0.5) is 10.1 Å². The molecule has 0 radical (unpaired) electrons. The number of nitrogens with two attached hydrogens (primary N) is 1. The number of anilines is 1. The van der Waals surface area contributed by atoms with Crippen LogP contribution in [0.5, 0.6) is 5.75 Å². The quantitative estimate of drug-likeness (QED) is 0.356. The van der Waals surface area contributed by atoms with Gasteiger partial charge in [0.15, 0.2) is 5.69 Å². The first-order valence-corrected chi connectivity index (χ1v) is 11.4. The van der Waals surface area contributed by atoms with Gasteiger partial charge in [-0.1, -0.05) is 6.07 Å². The molecule has 0 spiro atoms. The molecular formula is C26H22FN7O4. The maximum Gasteiger partial charge on any atom is 0.350 e. The zero-order valence-corrected chi connectivity index (χ0v) is 20.6. The zero-order valence-electron chi connectivity index (χ0n) is 20.6. The molecule has 3 N–H and O–H groups in total. The van der Waals surface area contributed by atoms with Crippen LogP contribution in [0.2, 0.25) is 0 Å². The smallest absolute Gasteiger partial charge is 0.350 e. The van der Waals surface area contributed by atoms with E-state index in [1.807, 2.05) is 0 Å². The number of carbonyl (C=O) groups is 2. The summed E-state index contributed by atoms with van der Waals surface area (Å²) >= 11 is 0. The van der Waals surface area contributed by atoms with E-state index in [1.165, 1.54) is 46.5 Å². The first kappa shape index (κ1) is 24.4. The lowest BCUT2D eigenvalue weighted by Crippen LogP contribution is -2.21. The Hall–Kier alpha value is -5.26. The lowest BCUT2D eigenvalue weighted by atomic mass is 10.00. The van der Waals surface area contributed by atoms with E-state index >= 15 is 4.39 Å². The molecule has 12 heteroatoms. The standard InChI is InChI=1S/C26H22FN7O4/c1-32-19-10-9-18(17-8-7-16(12-20(17)38-3)34-13-29-33(2)26(34)37)22(27)21(19)23(31-32)25(36)30-15-6-4-5-14(11-15)24(28)35/h4-13H,1-3H3,(H2,28,35)(H,30,36). The molecule has 0 fully saturated rings. The summed E-state index contributed by atoms with van der Waals surface area (Å²) in [4.78, 5) is 36.9. The number of nitrogens with one attached hydrogen (secondary N) is 1. The van der Waals surface area contributed by atoms with Crippen molar-refractivity contribution in [3.63, 3.8) is 0 Å². The Kier molecular flexibility index (Phi) is 5.99. The third-order valence-corrected chi connectivity index (χ3v) is 6.15. The number of methoxy groups -OCH3 is 1. The number of carbonyl (C=O) groups excluding carboxylic acids is 2. The fraction of sp³-hybridized carbons (Fsp3) is 0.115. The van der Waals surface area contributed by atoms with E-state index < -0.39 is 17.6 Å². The predicted octanol–water partition coefficient (Wildman–Crippen LogP) is 2.62. The van der Waals surface area contributed by atoms with Crippen LogP contribution in [-0.4, -0.2) is 43.1 Å². The van der Waals surface area contributed by atoms with Gasteiger partial charge in [-0.05, 0) is 42.5 Å². The molecule has 38 heavy (non-hydrogen) atoms. The fourth-order valence-electron chi connectivity index (χ4n) is 4.24. The van der Waals surface area contributed by atoms with Gasteiger partial charge in [0, 0.05) is 42.5 Å². The molecule has 192 valence electrons. The number of primary amides is 1. The molecule has 2 heterocycles. The molecule has 3 aromatic carbocycles. The number of amides is 2. The lowest BCUT2D eigenvalue weighted by Gasteiger charge is -2.12. The highest BCUT2D eigenvalue weighted by molar-refractivity contribution is 6.12. The van der Waals surface area contributed by atoms with Crippen LogP contribution < -0.4 is 21.5 Å². The topological polar surface area (TPSA) is 139 Å². The fourth-order valence-corrected chi connectivity index (χ4v) is 4.24. The lowest BCUT2D eigenvalue weighted by molar-refractivity contribution is 0.0995. The van der Waals surface area contributed by atoms with E-state index in [-0.39, 0.29) is 27.9 Å². The van der Waals surface area contributed by atoms with Crippen molar-refractivity contribution in [1.29, 1.82) is 0 Å². The van der Waals surface area contributed by atoms with Crippen molar-refractivity contribution in [3.05, 3.63) is 88.5 Å². The summed E-state index contributed by atoms with van der Waals surface area (Å²) in [6.07, 6.45) is 1.38. The van der Waals surface area contributed by atoms with Crippen molar-refractivity contribution >= 4 is 28.4 Å². The maximum atomic E-state index is 16.1. The van der Waals surface area contributed by atoms with Gasteiger partial charge in [-0.2, -0.15) is 10.2 Å². The number of fused-ring (bicyclic) bond motifs is 1. The third kappa shape index (κ3) is 4.07. The highest BCUT2D eigenvalue weighted by Crippen LogP contribution is 2.37. The predicted molar refractivity (Wildman–Crippen MR) is 138 cm³/mol. The largest absolute Gasteiger partial charge is 0.496 e. The van der Waals surface area contributed by atoms with E-state index in [9.17, 15) is 14.4 Å². The number of halogens is 1. The van der Waals surface area contributed by atoms with Gasteiger partial charge in [0.2, 0.25) is 5.91 Å². The molecular weight excluding hydrogens is 493 g/mol. The van der Waals surface area contributed by atoms with Crippen LogP contribution in [0.1, 0.15) is 20.8 Å². The minimum Gasteiger partial charge on any atom is -0.496 e. The SMILES string of the molecule is COc1cc(-n2cnn(C)c2=O)ccc1-c1ccc2c(c(C(=O)Nc3cccc(C(N)=O)c3)nn2C)c1F. The third-order valence-electron chi connectivity index (χ3n) is 6.15.